The second-order valence-corrected chi connectivity index (χ2v) is 7.80. The minimum absolute atomic E-state index is 0.107. The van der Waals surface area contributed by atoms with Crippen molar-refractivity contribution in [2.24, 2.45) is 0 Å². The normalized spacial score (nSPS) is 12.7. The quantitative estimate of drug-likeness (QED) is 0.513. The van der Waals surface area contributed by atoms with Gasteiger partial charge in [-0.3, -0.25) is 9.59 Å². The fraction of sp³-hybridized carbons (Fsp3) is 0.280. The number of hydrogen-bond acceptors (Lipinski definition) is 3. The molecule has 1 atom stereocenters. The van der Waals surface area contributed by atoms with Gasteiger partial charge >= 0.3 is 0 Å². The second-order valence-electron chi connectivity index (χ2n) is 7.80. The van der Waals surface area contributed by atoms with Crippen molar-refractivity contribution in [1.29, 1.82) is 0 Å². The number of hydrogen-bond donors (Lipinski definition) is 1. The zero-order valence-electron chi connectivity index (χ0n) is 17.4. The number of para-hydroxylation sites is 1. The van der Waals surface area contributed by atoms with Gasteiger partial charge in [0.2, 0.25) is 0 Å². The molecule has 5 heteroatoms. The van der Waals surface area contributed by atoms with Gasteiger partial charge in [-0.05, 0) is 50.6 Å². The van der Waals surface area contributed by atoms with Crippen molar-refractivity contribution in [3.63, 3.8) is 0 Å². The third-order valence-corrected chi connectivity index (χ3v) is 4.96. The predicted octanol–water partition coefficient (Wildman–Crippen LogP) is 5.34. The van der Waals surface area contributed by atoms with E-state index in [1.165, 1.54) is 19.1 Å². The van der Waals surface area contributed by atoms with Crippen molar-refractivity contribution >= 4 is 28.5 Å². The number of aliphatic hydroxyl groups excluding tert-OH is 1. The van der Waals surface area contributed by atoms with Crippen LogP contribution >= 0.6 is 0 Å². The summed E-state index contributed by atoms with van der Waals surface area (Å²) in [4.78, 5) is 23.0. The van der Waals surface area contributed by atoms with Gasteiger partial charge in [0.25, 0.3) is 0 Å². The van der Waals surface area contributed by atoms with Crippen molar-refractivity contribution in [3.8, 4) is 11.1 Å². The minimum Gasteiger partial charge on any atom is -0.389 e. The van der Waals surface area contributed by atoms with Gasteiger partial charge in [-0.2, -0.15) is 0 Å². The highest BCUT2D eigenvalue weighted by molar-refractivity contribution is 6.01. The largest absolute Gasteiger partial charge is 0.389 e. The Labute approximate surface area is 175 Å². The van der Waals surface area contributed by atoms with E-state index in [1.807, 2.05) is 30.3 Å². The Balaban J connectivity index is 2.09. The topological polar surface area (TPSA) is 59.3 Å². The monoisotopic (exact) mass is 407 g/mol. The van der Waals surface area contributed by atoms with E-state index in [0.29, 0.717) is 0 Å². The summed E-state index contributed by atoms with van der Waals surface area (Å²) in [6, 6.07) is 14.5. The zero-order valence-corrected chi connectivity index (χ0v) is 17.4. The van der Waals surface area contributed by atoms with Crippen LogP contribution in [-0.4, -0.2) is 27.3 Å². The highest BCUT2D eigenvalue weighted by atomic mass is 19.1. The highest BCUT2D eigenvalue weighted by Crippen LogP contribution is 2.37. The van der Waals surface area contributed by atoms with Crippen LogP contribution in [0.1, 0.15) is 45.3 Å². The van der Waals surface area contributed by atoms with E-state index in [4.69, 9.17) is 0 Å². The molecule has 0 fully saturated rings. The first-order valence-electron chi connectivity index (χ1n) is 10.0. The molecule has 0 saturated carbocycles. The van der Waals surface area contributed by atoms with E-state index in [1.54, 1.807) is 18.2 Å². The lowest BCUT2D eigenvalue weighted by atomic mass is 10.0. The maximum atomic E-state index is 13.5. The van der Waals surface area contributed by atoms with Crippen molar-refractivity contribution in [2.75, 3.05) is 0 Å². The summed E-state index contributed by atoms with van der Waals surface area (Å²) in [5, 5.41) is 11.3. The number of halogens is 1. The fourth-order valence-corrected chi connectivity index (χ4v) is 3.78. The number of nitrogens with zero attached hydrogens (tertiary/aromatic N) is 1. The Kier molecular flexibility index (Phi) is 6.63. The van der Waals surface area contributed by atoms with Crippen LogP contribution in [0.4, 0.5) is 4.39 Å². The standard InChI is InChI=1S/C25H26FNO3/c1-16(2)27-23-7-5-4-6-22(23)25(18-8-10-19(26)11-9-18)24(27)13-12-20(29)15-21(30)14-17(3)28/h4-13,16,20,29H,14-15H2,1-3H3/b13-12+. The fourth-order valence-electron chi connectivity index (χ4n) is 3.78. The van der Waals surface area contributed by atoms with Gasteiger partial charge in [0.05, 0.1) is 12.5 Å². The van der Waals surface area contributed by atoms with Crippen molar-refractivity contribution in [1.82, 2.24) is 4.57 Å². The first-order chi connectivity index (χ1) is 14.3. The molecule has 0 aliphatic rings. The molecule has 0 bridgehead atoms. The Morgan fingerprint density at radius 2 is 1.77 bits per heavy atom. The number of benzene rings is 2. The third kappa shape index (κ3) is 4.74. The van der Waals surface area contributed by atoms with Crippen LogP contribution in [0.5, 0.6) is 0 Å². The van der Waals surface area contributed by atoms with Crippen LogP contribution < -0.4 is 0 Å². The lowest BCUT2D eigenvalue weighted by molar-refractivity contribution is -0.126. The van der Waals surface area contributed by atoms with Gasteiger partial charge in [-0.15, -0.1) is 0 Å². The highest BCUT2D eigenvalue weighted by Gasteiger charge is 2.19. The second kappa shape index (κ2) is 9.18. The van der Waals surface area contributed by atoms with Crippen LogP contribution in [0, 0.1) is 5.82 Å². The van der Waals surface area contributed by atoms with E-state index in [-0.39, 0.29) is 36.3 Å². The molecule has 0 radical (unpaired) electrons. The molecule has 4 nitrogen and oxygen atoms in total. The summed E-state index contributed by atoms with van der Waals surface area (Å²) in [6.07, 6.45) is 2.13. The average Bonchev–Trinajstić information content (AvgIpc) is 3.00. The van der Waals surface area contributed by atoms with Crippen LogP contribution in [0.15, 0.2) is 54.6 Å². The molecule has 0 aliphatic carbocycles. The lowest BCUT2D eigenvalue weighted by Gasteiger charge is -2.14. The van der Waals surface area contributed by atoms with E-state index in [9.17, 15) is 19.1 Å². The summed E-state index contributed by atoms with van der Waals surface area (Å²) in [5.74, 6) is -0.805. The van der Waals surface area contributed by atoms with Crippen molar-refractivity contribution < 1.29 is 19.1 Å². The van der Waals surface area contributed by atoms with E-state index in [2.05, 4.69) is 18.4 Å². The number of fused-ring (bicyclic) bond motifs is 1. The summed E-state index contributed by atoms with van der Waals surface area (Å²) >= 11 is 0. The van der Waals surface area contributed by atoms with Crippen LogP contribution in [0.25, 0.3) is 28.1 Å². The molecule has 0 amide bonds. The molecule has 1 heterocycles. The molecular formula is C25H26FNO3. The Hall–Kier alpha value is -3.05. The summed E-state index contributed by atoms with van der Waals surface area (Å²) < 4.78 is 15.7. The molecule has 1 N–H and O–H groups in total. The average molecular weight is 407 g/mol. The van der Waals surface area contributed by atoms with Crippen molar-refractivity contribution in [3.05, 3.63) is 66.1 Å². The maximum absolute atomic E-state index is 13.5. The van der Waals surface area contributed by atoms with Crippen LogP contribution in [-0.2, 0) is 9.59 Å². The van der Waals surface area contributed by atoms with E-state index < -0.39 is 6.10 Å². The van der Waals surface area contributed by atoms with E-state index >= 15 is 0 Å². The van der Waals surface area contributed by atoms with Gasteiger partial charge < -0.3 is 9.67 Å². The third-order valence-electron chi connectivity index (χ3n) is 4.96. The molecule has 0 saturated heterocycles. The Morgan fingerprint density at radius 1 is 1.10 bits per heavy atom. The first kappa shape index (κ1) is 21.7. The number of carbonyl (C=O) groups is 2. The number of carbonyl (C=O) groups excluding carboxylic acids is 2. The number of ketones is 2. The Morgan fingerprint density at radius 3 is 2.40 bits per heavy atom. The molecular weight excluding hydrogens is 381 g/mol. The van der Waals surface area contributed by atoms with Crippen LogP contribution in [0.3, 0.4) is 0 Å². The molecule has 2 aromatic carbocycles. The van der Waals surface area contributed by atoms with Gasteiger partial charge in [0, 0.05) is 34.6 Å². The molecule has 156 valence electrons. The maximum Gasteiger partial charge on any atom is 0.143 e. The smallest absolute Gasteiger partial charge is 0.143 e. The number of Topliss-reactive ketones (excluding diaryl/α,β-unsaturated/α-hetero) is 2. The van der Waals surface area contributed by atoms with E-state index in [0.717, 1.165) is 27.7 Å². The minimum atomic E-state index is -0.989. The molecule has 3 aromatic rings. The predicted molar refractivity (Wildman–Crippen MR) is 118 cm³/mol. The summed E-state index contributed by atoms with van der Waals surface area (Å²) in [5.41, 5.74) is 3.72. The number of aromatic nitrogens is 1. The van der Waals surface area contributed by atoms with Gasteiger partial charge in [-0.25, -0.2) is 4.39 Å². The van der Waals surface area contributed by atoms with Crippen molar-refractivity contribution in [2.45, 2.75) is 45.8 Å². The lowest BCUT2D eigenvalue weighted by Crippen LogP contribution is -2.13. The first-order valence-corrected chi connectivity index (χ1v) is 10.0. The van der Waals surface area contributed by atoms with Gasteiger partial charge in [0.1, 0.15) is 17.4 Å². The Bertz CT molecular complexity index is 1090. The zero-order chi connectivity index (χ0) is 21.8. The summed E-state index contributed by atoms with van der Waals surface area (Å²) in [7, 11) is 0. The molecule has 3 rings (SSSR count). The van der Waals surface area contributed by atoms with Crippen LogP contribution in [0.2, 0.25) is 0 Å². The SMILES string of the molecule is CC(=O)CC(=O)CC(O)/C=C/c1c(-c2ccc(F)cc2)c2ccccc2n1C(C)C. The molecule has 1 aromatic heterocycles. The molecule has 30 heavy (non-hydrogen) atoms. The van der Waals surface area contributed by atoms with Gasteiger partial charge in [-0.1, -0.05) is 36.4 Å². The summed E-state index contributed by atoms with van der Waals surface area (Å²) in [6.45, 7) is 5.51. The van der Waals surface area contributed by atoms with Gasteiger partial charge in [0.15, 0.2) is 0 Å². The molecule has 0 spiro atoms. The molecule has 1 unspecified atom stereocenters. The number of aliphatic hydroxyl groups is 1. The molecule has 0 aliphatic heterocycles. The number of rotatable bonds is 8.